The smallest absolute Gasteiger partial charge is 0.339 e. The van der Waals surface area contributed by atoms with Crippen molar-refractivity contribution in [3.8, 4) is 56.4 Å². The van der Waals surface area contributed by atoms with Crippen LogP contribution < -0.4 is 20.3 Å². The van der Waals surface area contributed by atoms with Gasteiger partial charge in [-0.2, -0.15) is 0 Å². The van der Waals surface area contributed by atoms with Crippen LogP contribution in [0.5, 0.6) is 11.5 Å². The third kappa shape index (κ3) is 9.78. The summed E-state index contributed by atoms with van der Waals surface area (Å²) in [6.45, 7) is 15.1. The molecule has 0 radical (unpaired) electrons. The Hall–Kier alpha value is -7.08. The van der Waals surface area contributed by atoms with Crippen LogP contribution in [0.15, 0.2) is 166 Å². The number of benzene rings is 6. The minimum Gasteiger partial charge on any atom is -0.488 e. The molecule has 14 heteroatoms. The first-order valence-electron chi connectivity index (χ1n) is 19.9. The highest BCUT2D eigenvalue weighted by Crippen LogP contribution is 2.46. The second-order valence-corrected chi connectivity index (χ2v) is 15.8. The highest BCUT2D eigenvalue weighted by atomic mass is 35.5. The molecule has 4 aliphatic rings. The van der Waals surface area contributed by atoms with Gasteiger partial charge in [-0.25, -0.2) is 9.59 Å². The number of rotatable bonds is 14. The van der Waals surface area contributed by atoms with Crippen molar-refractivity contribution >= 4 is 80.3 Å². The van der Waals surface area contributed by atoms with Crippen LogP contribution in [0.1, 0.15) is 20.7 Å². The Morgan fingerprint density at radius 1 is 0.485 bits per heavy atom. The fraction of sp³-hybridized carbons (Fsp3) is 0.0769. The lowest BCUT2D eigenvalue weighted by atomic mass is 9.90. The van der Waals surface area contributed by atoms with Crippen LogP contribution in [0.4, 0.5) is 0 Å². The maximum Gasteiger partial charge on any atom is 0.339 e. The largest absolute Gasteiger partial charge is 0.488 e. The van der Waals surface area contributed by atoms with E-state index in [-0.39, 0.29) is 47.3 Å². The highest BCUT2D eigenvalue weighted by molar-refractivity contribution is 6.34. The third-order valence-corrected chi connectivity index (χ3v) is 11.0. The van der Waals surface area contributed by atoms with Crippen molar-refractivity contribution in [1.82, 2.24) is 0 Å². The Morgan fingerprint density at radius 2 is 0.864 bits per heavy atom. The van der Waals surface area contributed by atoms with Crippen molar-refractivity contribution in [3.05, 3.63) is 199 Å². The quantitative estimate of drug-likeness (QED) is 0.0589. The van der Waals surface area contributed by atoms with E-state index in [1.165, 1.54) is 36.4 Å². The zero-order valence-electron chi connectivity index (χ0n) is 34.8. The Morgan fingerprint density at radius 3 is 1.24 bits per heavy atom. The van der Waals surface area contributed by atoms with Crippen LogP contribution in [0.3, 0.4) is 0 Å². The molecule has 0 aromatic heterocycles. The molecule has 4 aromatic rings. The van der Waals surface area contributed by atoms with Crippen LogP contribution in [0, 0.1) is 0 Å². The summed E-state index contributed by atoms with van der Waals surface area (Å²) in [5.41, 5.74) is 4.21. The second-order valence-electron chi connectivity index (χ2n) is 14.1. The molecule has 0 bridgehead atoms. The van der Waals surface area contributed by atoms with Crippen molar-refractivity contribution in [2.24, 2.45) is 0 Å². The molecule has 0 atom stereocenters. The number of hydrogen-bond donors (Lipinski definition) is 0. The lowest BCUT2D eigenvalue weighted by molar-refractivity contribution is 0.0541. The third-order valence-electron chi connectivity index (χ3n) is 9.86. The maximum atomic E-state index is 12.8. The van der Waals surface area contributed by atoms with Crippen LogP contribution in [-0.2, 0) is 9.47 Å². The molecule has 332 valence electrons. The molecule has 0 unspecified atom stereocenters. The van der Waals surface area contributed by atoms with Gasteiger partial charge in [0.25, 0.3) is 0 Å². The average molecular weight is 963 g/mol. The molecule has 8 rings (SSSR count). The summed E-state index contributed by atoms with van der Waals surface area (Å²) < 4.78 is 33.9. The van der Waals surface area contributed by atoms with Gasteiger partial charge in [0.2, 0.25) is 10.9 Å². The van der Waals surface area contributed by atoms with Crippen LogP contribution in [-0.4, -0.2) is 38.4 Å². The van der Waals surface area contributed by atoms with Gasteiger partial charge >= 0.3 is 11.9 Å². The van der Waals surface area contributed by atoms with Gasteiger partial charge in [0, 0.05) is 57.3 Å². The maximum absolute atomic E-state index is 12.8. The van der Waals surface area contributed by atoms with Gasteiger partial charge < -0.3 is 27.8 Å². The molecule has 0 saturated carbocycles. The predicted octanol–water partition coefficient (Wildman–Crippen LogP) is 13.6. The van der Waals surface area contributed by atoms with Gasteiger partial charge in [0.1, 0.15) is 60.6 Å². The molecule has 10 nitrogen and oxygen atoms in total. The highest BCUT2D eigenvalue weighted by Gasteiger charge is 2.26. The summed E-state index contributed by atoms with van der Waals surface area (Å²) in [6.07, 6.45) is 6.18. The number of carbonyl (C=O) groups excluding carboxylic acids is 2. The van der Waals surface area contributed by atoms with Crippen LogP contribution in [0.2, 0.25) is 20.1 Å². The minimum atomic E-state index is -0.517. The first kappa shape index (κ1) is 46.9. The van der Waals surface area contributed by atoms with E-state index >= 15 is 0 Å². The van der Waals surface area contributed by atoms with E-state index in [2.05, 4.69) is 26.3 Å². The van der Waals surface area contributed by atoms with E-state index in [4.69, 9.17) is 74.2 Å². The van der Waals surface area contributed by atoms with Gasteiger partial charge in [0.05, 0.1) is 31.2 Å². The molecular weight excluding hydrogens is 926 g/mol. The second kappa shape index (κ2) is 20.8. The summed E-state index contributed by atoms with van der Waals surface area (Å²) in [4.78, 5) is 50.1. The van der Waals surface area contributed by atoms with Gasteiger partial charge in [-0.1, -0.05) is 133 Å². The molecule has 4 aromatic carbocycles. The van der Waals surface area contributed by atoms with E-state index in [0.29, 0.717) is 99.5 Å². The molecule has 2 aliphatic heterocycles. The zero-order valence-corrected chi connectivity index (χ0v) is 37.8. The summed E-state index contributed by atoms with van der Waals surface area (Å²) in [5, 5.41) is 1.97. The zero-order chi connectivity index (χ0) is 47.1. The average Bonchev–Trinajstić information content (AvgIpc) is 3.31. The van der Waals surface area contributed by atoms with Gasteiger partial charge in [-0.05, 0) is 47.5 Å². The van der Waals surface area contributed by atoms with E-state index in [1.807, 2.05) is 0 Å². The molecule has 2 heterocycles. The SMILES string of the molecule is C=CCOC(=O)c1ccccc1-c1c2cc(Cl)c(=O)cc-2oc2cc(OCC=C)c(Cl)cc12.C=CCOC(=O)c1ccccc1-c1c2cc(Cl)c(=O)cc-2oc2cc(OCC=C)c(Cl)cc12. The van der Waals surface area contributed by atoms with Gasteiger partial charge in [0.15, 0.2) is 0 Å². The fourth-order valence-electron chi connectivity index (χ4n) is 7.07. The van der Waals surface area contributed by atoms with Crippen LogP contribution >= 0.6 is 46.4 Å². The van der Waals surface area contributed by atoms with E-state index in [9.17, 15) is 19.2 Å². The molecule has 0 N–H and O–H groups in total. The molecular formula is C52H36Cl4O10. The van der Waals surface area contributed by atoms with E-state index in [1.54, 1.807) is 84.9 Å². The number of halogens is 4. The lowest BCUT2D eigenvalue weighted by Crippen LogP contribution is -2.08. The number of ether oxygens (including phenoxy) is 4. The van der Waals surface area contributed by atoms with Crippen molar-refractivity contribution in [2.75, 3.05) is 26.4 Å². The van der Waals surface area contributed by atoms with E-state index < -0.39 is 11.9 Å². The monoisotopic (exact) mass is 960 g/mol. The molecule has 66 heavy (non-hydrogen) atoms. The summed E-state index contributed by atoms with van der Waals surface area (Å²) >= 11 is 25.3. The Bertz CT molecular complexity index is 3060. The van der Waals surface area contributed by atoms with Gasteiger partial charge in [-0.15, -0.1) is 0 Å². The molecule has 0 amide bonds. The number of hydrogen-bond acceptors (Lipinski definition) is 10. The number of carbonyl (C=O) groups is 2. The summed E-state index contributed by atoms with van der Waals surface area (Å²) in [6, 6.07) is 26.3. The van der Waals surface area contributed by atoms with Crippen molar-refractivity contribution in [1.29, 1.82) is 0 Å². The predicted molar refractivity (Wildman–Crippen MR) is 261 cm³/mol. The van der Waals surface area contributed by atoms with Gasteiger partial charge in [-0.3, -0.25) is 9.59 Å². The van der Waals surface area contributed by atoms with Crippen molar-refractivity contribution < 1.29 is 37.4 Å². The molecule has 0 spiro atoms. The van der Waals surface area contributed by atoms with Crippen molar-refractivity contribution in [3.63, 3.8) is 0 Å². The summed E-state index contributed by atoms with van der Waals surface area (Å²) in [5.74, 6) is 0.366. The van der Waals surface area contributed by atoms with Crippen LogP contribution in [0.25, 0.3) is 66.8 Å². The lowest BCUT2D eigenvalue weighted by Gasteiger charge is -2.18. The Labute approximate surface area is 397 Å². The first-order valence-corrected chi connectivity index (χ1v) is 21.4. The molecule has 2 aliphatic carbocycles. The fourth-order valence-corrected chi connectivity index (χ4v) is 7.83. The molecule has 0 saturated heterocycles. The summed E-state index contributed by atoms with van der Waals surface area (Å²) in [7, 11) is 0. The van der Waals surface area contributed by atoms with Crippen molar-refractivity contribution in [2.45, 2.75) is 0 Å². The Kier molecular flexibility index (Phi) is 14.8. The number of esters is 2. The minimum absolute atomic E-state index is 0.0297. The normalized spacial score (nSPS) is 10.8. The number of fused-ring (bicyclic) bond motifs is 4. The topological polar surface area (TPSA) is 131 Å². The Balaban J connectivity index is 0.000000196. The standard InChI is InChI=1S/2C26H18Cl2O5/c2*1-3-9-31-24-14-23-18(12-20(24)28)25(17-11-19(27)21(29)13-22(17)33-23)15-7-5-6-8-16(15)26(30)32-10-4-2/h2*3-8,11-14H,1-2,9-10H2. The first-order chi connectivity index (χ1) is 31.9. The van der Waals surface area contributed by atoms with E-state index in [0.717, 1.165) is 0 Å². The molecule has 0 fully saturated rings.